The Morgan fingerprint density at radius 1 is 0.964 bits per heavy atom. The van der Waals surface area contributed by atoms with Crippen molar-refractivity contribution in [3.8, 4) is 0 Å². The Morgan fingerprint density at radius 2 is 1.68 bits per heavy atom. The summed E-state index contributed by atoms with van der Waals surface area (Å²) in [6, 6.07) is 14.4. The first kappa shape index (κ1) is 19.2. The molecule has 1 atom stereocenters. The first-order valence-corrected chi connectivity index (χ1v) is 10.3. The van der Waals surface area contributed by atoms with Gasteiger partial charge in [-0.2, -0.15) is 0 Å². The molecule has 1 amide bonds. The van der Waals surface area contributed by atoms with E-state index in [-0.39, 0.29) is 11.7 Å². The second-order valence-corrected chi connectivity index (χ2v) is 7.96. The molecule has 2 aromatic rings. The molecular weight excluding hydrogens is 377 g/mol. The summed E-state index contributed by atoms with van der Waals surface area (Å²) in [6.45, 7) is 4.95. The van der Waals surface area contributed by atoms with Crippen molar-refractivity contribution in [2.45, 2.75) is 18.9 Å². The highest BCUT2D eigenvalue weighted by atomic mass is 35.5. The van der Waals surface area contributed by atoms with Gasteiger partial charge in [-0.25, -0.2) is 4.39 Å². The summed E-state index contributed by atoms with van der Waals surface area (Å²) in [5.74, 6) is -0.0836. The van der Waals surface area contributed by atoms with Crippen LogP contribution in [0.15, 0.2) is 48.5 Å². The fourth-order valence-electron chi connectivity index (χ4n) is 4.25. The number of benzene rings is 2. The molecule has 2 aliphatic heterocycles. The summed E-state index contributed by atoms with van der Waals surface area (Å²) in [5.41, 5.74) is 1.37. The van der Waals surface area contributed by atoms with Crippen LogP contribution < -0.4 is 4.90 Å². The van der Waals surface area contributed by atoms with Gasteiger partial charge in [0.2, 0.25) is 0 Å². The van der Waals surface area contributed by atoms with Gasteiger partial charge in [0.1, 0.15) is 5.82 Å². The topological polar surface area (TPSA) is 26.8 Å². The minimum Gasteiger partial charge on any atom is -0.367 e. The van der Waals surface area contributed by atoms with Crippen LogP contribution in [0.4, 0.5) is 10.1 Å². The van der Waals surface area contributed by atoms with Crippen LogP contribution >= 0.6 is 11.6 Å². The van der Waals surface area contributed by atoms with E-state index in [9.17, 15) is 9.18 Å². The molecule has 148 valence electrons. The van der Waals surface area contributed by atoms with Gasteiger partial charge in [0.15, 0.2) is 0 Å². The third kappa shape index (κ3) is 4.15. The lowest BCUT2D eigenvalue weighted by atomic mass is 10.0. The van der Waals surface area contributed by atoms with Crippen LogP contribution in [0.25, 0.3) is 0 Å². The molecule has 0 N–H and O–H groups in total. The van der Waals surface area contributed by atoms with Crippen LogP contribution in [0.2, 0.25) is 5.02 Å². The number of halogens is 2. The van der Waals surface area contributed by atoms with Crippen molar-refractivity contribution < 1.29 is 9.18 Å². The summed E-state index contributed by atoms with van der Waals surface area (Å²) in [7, 11) is 0. The smallest absolute Gasteiger partial charge is 0.253 e. The Bertz CT molecular complexity index is 821. The Kier molecular flexibility index (Phi) is 5.83. The number of amides is 1. The quantitative estimate of drug-likeness (QED) is 0.780. The molecule has 2 saturated heterocycles. The average molecular weight is 402 g/mol. The number of piperazine rings is 1. The maximum atomic E-state index is 14.0. The highest BCUT2D eigenvalue weighted by molar-refractivity contribution is 6.30. The van der Waals surface area contributed by atoms with Crippen LogP contribution in [0.5, 0.6) is 0 Å². The molecule has 2 aliphatic rings. The largest absolute Gasteiger partial charge is 0.367 e. The molecule has 0 aliphatic carbocycles. The van der Waals surface area contributed by atoms with Crippen LogP contribution in [-0.2, 0) is 0 Å². The number of piperidine rings is 1. The lowest BCUT2D eigenvalue weighted by Crippen LogP contribution is -2.56. The van der Waals surface area contributed by atoms with Gasteiger partial charge in [-0.05, 0) is 49.2 Å². The second-order valence-electron chi connectivity index (χ2n) is 7.53. The van der Waals surface area contributed by atoms with Crippen molar-refractivity contribution in [2.24, 2.45) is 0 Å². The van der Waals surface area contributed by atoms with Crippen molar-refractivity contribution in [1.82, 2.24) is 9.80 Å². The molecule has 0 radical (unpaired) electrons. The number of para-hydroxylation sites is 1. The van der Waals surface area contributed by atoms with E-state index >= 15 is 0 Å². The van der Waals surface area contributed by atoms with E-state index in [0.717, 1.165) is 52.1 Å². The fraction of sp³-hybridized carbons (Fsp3) is 0.409. The first-order valence-electron chi connectivity index (χ1n) is 9.90. The van der Waals surface area contributed by atoms with Crippen LogP contribution in [0.3, 0.4) is 0 Å². The van der Waals surface area contributed by atoms with Crippen LogP contribution in [-0.4, -0.2) is 61.0 Å². The maximum Gasteiger partial charge on any atom is 0.253 e. The van der Waals surface area contributed by atoms with E-state index in [2.05, 4.69) is 9.80 Å². The Morgan fingerprint density at radius 3 is 2.39 bits per heavy atom. The van der Waals surface area contributed by atoms with Gasteiger partial charge in [0.05, 0.1) is 5.69 Å². The number of carbonyl (C=O) groups excluding carboxylic acids is 1. The molecule has 0 aromatic heterocycles. The summed E-state index contributed by atoms with van der Waals surface area (Å²) >= 11 is 5.93. The van der Waals surface area contributed by atoms with Crippen molar-refractivity contribution in [1.29, 1.82) is 0 Å². The van der Waals surface area contributed by atoms with Gasteiger partial charge in [0.25, 0.3) is 5.91 Å². The Balaban J connectivity index is 1.36. The van der Waals surface area contributed by atoms with Crippen LogP contribution in [0.1, 0.15) is 23.2 Å². The predicted octanol–water partition coefficient (Wildman–Crippen LogP) is 3.91. The molecule has 0 saturated carbocycles. The van der Waals surface area contributed by atoms with E-state index < -0.39 is 0 Å². The normalized spacial score (nSPS) is 21.0. The molecule has 4 nitrogen and oxygen atoms in total. The second kappa shape index (κ2) is 8.50. The van der Waals surface area contributed by atoms with Gasteiger partial charge in [-0.3, -0.25) is 9.69 Å². The van der Waals surface area contributed by atoms with Gasteiger partial charge in [0, 0.05) is 55.9 Å². The number of anilines is 1. The molecule has 1 unspecified atom stereocenters. The number of carbonyl (C=O) groups is 1. The van der Waals surface area contributed by atoms with Gasteiger partial charge < -0.3 is 9.80 Å². The molecule has 2 fully saturated rings. The summed E-state index contributed by atoms with van der Waals surface area (Å²) in [6.07, 6.45) is 2.11. The summed E-state index contributed by atoms with van der Waals surface area (Å²) in [4.78, 5) is 19.4. The van der Waals surface area contributed by atoms with Crippen molar-refractivity contribution in [3.05, 3.63) is 64.9 Å². The molecule has 28 heavy (non-hydrogen) atoms. The monoisotopic (exact) mass is 401 g/mol. The van der Waals surface area contributed by atoms with Crippen LogP contribution in [0, 0.1) is 5.82 Å². The van der Waals surface area contributed by atoms with Crippen molar-refractivity contribution in [2.75, 3.05) is 44.2 Å². The van der Waals surface area contributed by atoms with Gasteiger partial charge in [-0.1, -0.05) is 23.7 Å². The number of hydrogen-bond acceptors (Lipinski definition) is 3. The highest BCUT2D eigenvalue weighted by Gasteiger charge is 2.30. The molecule has 0 bridgehead atoms. The minimum absolute atomic E-state index is 0.0753. The molecule has 2 heterocycles. The molecule has 4 rings (SSSR count). The summed E-state index contributed by atoms with van der Waals surface area (Å²) in [5, 5.41) is 0.640. The number of rotatable bonds is 3. The Hall–Kier alpha value is -2.11. The molecule has 6 heteroatoms. The van der Waals surface area contributed by atoms with E-state index in [1.54, 1.807) is 30.3 Å². The summed E-state index contributed by atoms with van der Waals surface area (Å²) < 4.78 is 14.0. The van der Waals surface area contributed by atoms with Gasteiger partial charge >= 0.3 is 0 Å². The van der Waals surface area contributed by atoms with E-state index in [1.165, 1.54) is 6.07 Å². The third-order valence-electron chi connectivity index (χ3n) is 5.80. The zero-order valence-corrected chi connectivity index (χ0v) is 16.6. The van der Waals surface area contributed by atoms with Crippen molar-refractivity contribution >= 4 is 23.2 Å². The molecular formula is C22H25ClFN3O. The third-order valence-corrected chi connectivity index (χ3v) is 6.05. The predicted molar refractivity (Wildman–Crippen MR) is 111 cm³/mol. The highest BCUT2D eigenvalue weighted by Crippen LogP contribution is 2.24. The van der Waals surface area contributed by atoms with E-state index in [1.807, 2.05) is 17.0 Å². The molecule has 2 aromatic carbocycles. The lowest BCUT2D eigenvalue weighted by molar-refractivity contribution is 0.0563. The SMILES string of the molecule is O=C(c1ccc(Cl)cc1)N1CCCC(N2CCN(c3ccccc3F)CC2)C1. The molecule has 0 spiro atoms. The van der Waals surface area contributed by atoms with Crippen molar-refractivity contribution in [3.63, 3.8) is 0 Å². The van der Waals surface area contributed by atoms with E-state index in [4.69, 9.17) is 11.6 Å². The van der Waals surface area contributed by atoms with E-state index in [0.29, 0.717) is 22.3 Å². The lowest BCUT2D eigenvalue weighted by Gasteiger charge is -2.44. The minimum atomic E-state index is -0.159. The zero-order chi connectivity index (χ0) is 19.5. The number of nitrogens with zero attached hydrogens (tertiary/aromatic N) is 3. The fourth-order valence-corrected chi connectivity index (χ4v) is 4.37. The Labute approximate surface area is 170 Å². The number of hydrogen-bond donors (Lipinski definition) is 0. The standard InChI is InChI=1S/C22H25ClFN3O/c23-18-9-7-17(8-10-18)22(28)27-11-3-4-19(16-27)25-12-14-26(15-13-25)21-6-2-1-5-20(21)24/h1-2,5-10,19H,3-4,11-16H2. The zero-order valence-electron chi connectivity index (χ0n) is 15.9. The average Bonchev–Trinajstić information content (AvgIpc) is 2.74. The van der Waals surface area contributed by atoms with Gasteiger partial charge in [-0.15, -0.1) is 0 Å². The maximum absolute atomic E-state index is 14.0. The first-order chi connectivity index (χ1) is 13.6. The number of likely N-dealkylation sites (tertiary alicyclic amines) is 1.